The molecule has 2 rings (SSSR count). The number of halogens is 2. The number of aromatic nitrogens is 2. The molecule has 0 N–H and O–H groups in total. The van der Waals surface area contributed by atoms with E-state index in [1.807, 2.05) is 6.07 Å². The molecular formula is C13H9ClFN3O2. The fourth-order valence-electron chi connectivity index (χ4n) is 1.55. The minimum atomic E-state index is -0.476. The zero-order chi connectivity index (χ0) is 14.7. The Kier molecular flexibility index (Phi) is 4.01. The van der Waals surface area contributed by atoms with Crippen molar-refractivity contribution >= 4 is 11.6 Å². The molecule has 0 aliphatic carbocycles. The average molecular weight is 294 g/mol. The van der Waals surface area contributed by atoms with Gasteiger partial charge in [0.15, 0.2) is 0 Å². The van der Waals surface area contributed by atoms with Crippen LogP contribution in [0, 0.1) is 17.1 Å². The highest BCUT2D eigenvalue weighted by atomic mass is 35.5. The highest BCUT2D eigenvalue weighted by Crippen LogP contribution is 2.14. The van der Waals surface area contributed by atoms with Gasteiger partial charge in [-0.05, 0) is 18.2 Å². The van der Waals surface area contributed by atoms with E-state index < -0.39 is 5.82 Å². The molecule has 0 atom stereocenters. The largest absolute Gasteiger partial charge is 0.460 e. The molecule has 0 fully saturated rings. The van der Waals surface area contributed by atoms with Crippen LogP contribution < -0.4 is 10.3 Å². The van der Waals surface area contributed by atoms with Crippen molar-refractivity contribution in [2.24, 2.45) is 7.05 Å². The summed E-state index contributed by atoms with van der Waals surface area (Å²) in [6, 6.07) is 6.83. The van der Waals surface area contributed by atoms with E-state index in [-0.39, 0.29) is 23.3 Å². The van der Waals surface area contributed by atoms with Crippen LogP contribution in [0.2, 0.25) is 5.15 Å². The van der Waals surface area contributed by atoms with E-state index in [1.54, 1.807) is 0 Å². The van der Waals surface area contributed by atoms with E-state index in [0.29, 0.717) is 11.1 Å². The van der Waals surface area contributed by atoms with Gasteiger partial charge in [-0.25, -0.2) is 4.39 Å². The Bertz CT molecular complexity index is 752. The number of ether oxygens (including phenoxy) is 1. The highest BCUT2D eigenvalue weighted by Gasteiger charge is 2.09. The van der Waals surface area contributed by atoms with E-state index in [2.05, 4.69) is 4.98 Å². The molecule has 1 heterocycles. The predicted octanol–water partition coefficient (Wildman–Crippen LogP) is 2.02. The van der Waals surface area contributed by atoms with Gasteiger partial charge in [0.2, 0.25) is 0 Å². The molecule has 0 saturated carbocycles. The van der Waals surface area contributed by atoms with Gasteiger partial charge in [-0.3, -0.25) is 9.36 Å². The lowest BCUT2D eigenvalue weighted by Gasteiger charge is -2.10. The minimum Gasteiger partial charge on any atom is -0.460 e. The fraction of sp³-hybridized carbons (Fsp3) is 0.154. The maximum atomic E-state index is 13.2. The van der Waals surface area contributed by atoms with Crippen LogP contribution in [0.3, 0.4) is 0 Å². The van der Waals surface area contributed by atoms with Crippen molar-refractivity contribution in [2.45, 2.75) is 6.61 Å². The summed E-state index contributed by atoms with van der Waals surface area (Å²) in [4.78, 5) is 15.4. The second kappa shape index (κ2) is 5.72. The molecule has 0 bridgehead atoms. The first-order valence-electron chi connectivity index (χ1n) is 5.56. The molecule has 102 valence electrons. The Morgan fingerprint density at radius 2 is 2.25 bits per heavy atom. The van der Waals surface area contributed by atoms with Crippen LogP contribution in [0.25, 0.3) is 0 Å². The third-order valence-corrected chi connectivity index (χ3v) is 2.80. The number of hydrogen-bond donors (Lipinski definition) is 0. The third-order valence-electron chi connectivity index (χ3n) is 2.61. The second-order valence-electron chi connectivity index (χ2n) is 3.96. The molecule has 0 saturated heterocycles. The van der Waals surface area contributed by atoms with Gasteiger partial charge < -0.3 is 4.74 Å². The highest BCUT2D eigenvalue weighted by molar-refractivity contribution is 6.29. The summed E-state index contributed by atoms with van der Waals surface area (Å²) in [6.07, 6.45) is 0. The van der Waals surface area contributed by atoms with Crippen molar-refractivity contribution in [3.8, 4) is 12.1 Å². The topological polar surface area (TPSA) is 67.9 Å². The molecule has 0 aliphatic heterocycles. The molecule has 0 amide bonds. The van der Waals surface area contributed by atoms with Crippen LogP contribution in [-0.4, -0.2) is 9.55 Å². The van der Waals surface area contributed by atoms with E-state index >= 15 is 0 Å². The van der Waals surface area contributed by atoms with Crippen LogP contribution in [0.1, 0.15) is 11.1 Å². The van der Waals surface area contributed by atoms with E-state index in [0.717, 1.165) is 10.6 Å². The first-order valence-corrected chi connectivity index (χ1v) is 5.94. The molecule has 0 aliphatic rings. The Hall–Kier alpha value is -2.39. The maximum Gasteiger partial charge on any atom is 0.300 e. The van der Waals surface area contributed by atoms with Gasteiger partial charge in [0.25, 0.3) is 5.56 Å². The van der Waals surface area contributed by atoms with Crippen molar-refractivity contribution in [1.82, 2.24) is 9.55 Å². The van der Waals surface area contributed by atoms with Crippen molar-refractivity contribution in [3.05, 3.63) is 56.7 Å². The Balaban J connectivity index is 2.28. The van der Waals surface area contributed by atoms with Crippen LogP contribution in [0.5, 0.6) is 6.01 Å². The Morgan fingerprint density at radius 3 is 2.95 bits per heavy atom. The summed E-state index contributed by atoms with van der Waals surface area (Å²) < 4.78 is 19.7. The summed E-state index contributed by atoms with van der Waals surface area (Å²) in [6.45, 7) is -0.0960. The lowest BCUT2D eigenvalue weighted by Crippen LogP contribution is -2.19. The maximum absolute atomic E-state index is 13.2. The van der Waals surface area contributed by atoms with Gasteiger partial charge in [-0.15, -0.1) is 0 Å². The molecule has 0 spiro atoms. The van der Waals surface area contributed by atoms with E-state index in [9.17, 15) is 9.18 Å². The van der Waals surface area contributed by atoms with Crippen molar-refractivity contribution in [1.29, 1.82) is 5.26 Å². The zero-order valence-corrected chi connectivity index (χ0v) is 11.2. The second-order valence-corrected chi connectivity index (χ2v) is 4.35. The van der Waals surface area contributed by atoms with Gasteiger partial charge in [0.05, 0.1) is 11.6 Å². The molecule has 0 radical (unpaired) electrons. The summed E-state index contributed by atoms with van der Waals surface area (Å²) in [5.74, 6) is -0.476. The van der Waals surface area contributed by atoms with Gasteiger partial charge in [-0.1, -0.05) is 11.6 Å². The molecule has 5 nitrogen and oxygen atoms in total. The van der Waals surface area contributed by atoms with Crippen molar-refractivity contribution in [3.63, 3.8) is 0 Å². The SMILES string of the molecule is Cn1c(OCc2cc(F)ccc2C#N)nc(Cl)cc1=O. The standard InChI is InChI=1S/C13H9ClFN3O2/c1-18-12(19)5-11(14)17-13(18)20-7-9-4-10(15)3-2-8(9)6-16/h2-5H,7H2,1H3. The summed E-state index contributed by atoms with van der Waals surface area (Å²) in [5.41, 5.74) is 0.278. The number of nitriles is 1. The number of nitrogens with zero attached hydrogens (tertiary/aromatic N) is 3. The zero-order valence-electron chi connectivity index (χ0n) is 10.4. The average Bonchev–Trinajstić information content (AvgIpc) is 2.41. The lowest BCUT2D eigenvalue weighted by molar-refractivity contribution is 0.265. The summed E-state index contributed by atoms with van der Waals surface area (Å²) >= 11 is 5.67. The first-order chi connectivity index (χ1) is 9.51. The number of hydrogen-bond acceptors (Lipinski definition) is 4. The summed E-state index contributed by atoms with van der Waals surface area (Å²) in [5, 5.41) is 8.93. The smallest absolute Gasteiger partial charge is 0.300 e. The van der Waals surface area contributed by atoms with Crippen molar-refractivity contribution < 1.29 is 9.13 Å². The molecule has 1 aromatic heterocycles. The lowest BCUT2D eigenvalue weighted by atomic mass is 10.1. The molecular weight excluding hydrogens is 285 g/mol. The molecule has 7 heteroatoms. The van der Waals surface area contributed by atoms with Crippen LogP contribution in [0.4, 0.5) is 4.39 Å². The van der Waals surface area contributed by atoms with Crippen LogP contribution in [0.15, 0.2) is 29.1 Å². The molecule has 1 aromatic carbocycles. The van der Waals surface area contributed by atoms with Gasteiger partial charge in [-0.2, -0.15) is 10.2 Å². The van der Waals surface area contributed by atoms with Crippen LogP contribution in [-0.2, 0) is 13.7 Å². The number of benzene rings is 1. The minimum absolute atomic E-state index is 0.00264. The quantitative estimate of drug-likeness (QED) is 0.812. The Labute approximate surface area is 118 Å². The Morgan fingerprint density at radius 1 is 1.50 bits per heavy atom. The van der Waals surface area contributed by atoms with Crippen LogP contribution >= 0.6 is 11.6 Å². The normalized spacial score (nSPS) is 10.1. The molecule has 2 aromatic rings. The van der Waals surface area contributed by atoms with E-state index in [4.69, 9.17) is 21.6 Å². The first kappa shape index (κ1) is 14.0. The fourth-order valence-corrected chi connectivity index (χ4v) is 1.72. The monoisotopic (exact) mass is 293 g/mol. The van der Waals surface area contributed by atoms with E-state index in [1.165, 1.54) is 25.2 Å². The third kappa shape index (κ3) is 2.95. The molecule has 20 heavy (non-hydrogen) atoms. The predicted molar refractivity (Wildman–Crippen MR) is 69.9 cm³/mol. The van der Waals surface area contributed by atoms with Gasteiger partial charge in [0, 0.05) is 18.7 Å². The summed E-state index contributed by atoms with van der Waals surface area (Å²) in [7, 11) is 1.47. The molecule has 0 unspecified atom stereocenters. The van der Waals surface area contributed by atoms with Crippen molar-refractivity contribution in [2.75, 3.05) is 0 Å². The number of rotatable bonds is 3. The van der Waals surface area contributed by atoms with Gasteiger partial charge >= 0.3 is 6.01 Å². The van der Waals surface area contributed by atoms with Gasteiger partial charge in [0.1, 0.15) is 17.6 Å².